The van der Waals surface area contributed by atoms with Gasteiger partial charge in [-0.25, -0.2) is 4.99 Å². The van der Waals surface area contributed by atoms with Gasteiger partial charge in [-0.05, 0) is 32.0 Å². The van der Waals surface area contributed by atoms with Crippen LogP contribution in [0.1, 0.15) is 25.0 Å². The number of fused-ring (bicyclic) bond motifs is 1. The van der Waals surface area contributed by atoms with Gasteiger partial charge in [-0.2, -0.15) is 5.10 Å². The summed E-state index contributed by atoms with van der Waals surface area (Å²) in [6, 6.07) is 15.6. The lowest BCUT2D eigenvalue weighted by Crippen LogP contribution is -2.23. The highest BCUT2D eigenvalue weighted by molar-refractivity contribution is 6.32. The Morgan fingerprint density at radius 1 is 1.20 bits per heavy atom. The first kappa shape index (κ1) is 17.6. The molecular weight excluding hydrogens is 355 g/mol. The quantitative estimate of drug-likeness (QED) is 0.468. The maximum atomic E-state index is 6.20. The van der Waals surface area contributed by atoms with E-state index in [0.29, 0.717) is 17.4 Å². The minimum atomic E-state index is -0.145. The van der Waals surface area contributed by atoms with Crippen molar-refractivity contribution >= 4 is 46.1 Å². The Hall–Kier alpha value is -2.17. The second-order valence-electron chi connectivity index (χ2n) is 5.73. The number of alkyl halides is 1. The normalized spacial score (nSPS) is 15.6. The van der Waals surface area contributed by atoms with Crippen molar-refractivity contribution in [2.45, 2.75) is 19.2 Å². The van der Waals surface area contributed by atoms with Gasteiger partial charge in [-0.1, -0.05) is 41.9 Å². The molecule has 2 aromatic rings. The van der Waals surface area contributed by atoms with Gasteiger partial charge < -0.3 is 0 Å². The van der Waals surface area contributed by atoms with Gasteiger partial charge >= 0.3 is 0 Å². The molecule has 0 bridgehead atoms. The van der Waals surface area contributed by atoms with E-state index in [1.165, 1.54) is 0 Å². The molecule has 1 heterocycles. The zero-order valence-electron chi connectivity index (χ0n) is 14.0. The molecule has 4 nitrogen and oxygen atoms in total. The molecule has 0 aliphatic carbocycles. The smallest absolute Gasteiger partial charge is 0.144 e. The summed E-state index contributed by atoms with van der Waals surface area (Å²) in [6.07, 6.45) is 0. The van der Waals surface area contributed by atoms with E-state index in [1.807, 2.05) is 62.4 Å². The van der Waals surface area contributed by atoms with E-state index in [4.69, 9.17) is 28.2 Å². The molecule has 0 fully saturated rings. The summed E-state index contributed by atoms with van der Waals surface area (Å²) in [7, 11) is 0. The molecule has 0 saturated carbocycles. The van der Waals surface area contributed by atoms with E-state index in [9.17, 15) is 0 Å². The zero-order chi connectivity index (χ0) is 17.8. The molecular formula is C19H18Cl2N4. The van der Waals surface area contributed by atoms with Crippen LogP contribution < -0.4 is 5.43 Å². The Morgan fingerprint density at radius 2 is 1.96 bits per heavy atom. The van der Waals surface area contributed by atoms with Crippen molar-refractivity contribution in [2.75, 3.05) is 6.54 Å². The van der Waals surface area contributed by atoms with E-state index in [1.54, 1.807) is 0 Å². The van der Waals surface area contributed by atoms with Gasteiger partial charge in [0.25, 0.3) is 0 Å². The van der Waals surface area contributed by atoms with E-state index in [2.05, 4.69) is 15.5 Å². The Kier molecular flexibility index (Phi) is 5.51. The molecule has 2 aromatic carbocycles. The zero-order valence-corrected chi connectivity index (χ0v) is 15.5. The SMILES string of the molecule is CC(=NNC1=Nc2ccc(Cl)cc2C(c2ccccc2)=NC1)C(C)Cl. The second-order valence-corrected chi connectivity index (χ2v) is 6.82. The van der Waals surface area contributed by atoms with Crippen LogP contribution in [0, 0.1) is 0 Å². The number of hydrogen-bond donors (Lipinski definition) is 1. The average Bonchev–Trinajstić information content (AvgIpc) is 2.79. The molecule has 1 atom stereocenters. The van der Waals surface area contributed by atoms with Crippen molar-refractivity contribution in [3.05, 3.63) is 64.7 Å². The highest BCUT2D eigenvalue weighted by atomic mass is 35.5. The third-order valence-electron chi connectivity index (χ3n) is 3.84. The number of hydrogen-bond acceptors (Lipinski definition) is 4. The molecule has 0 aromatic heterocycles. The first-order valence-electron chi connectivity index (χ1n) is 7.96. The average molecular weight is 373 g/mol. The lowest BCUT2D eigenvalue weighted by atomic mass is 10.0. The Bertz CT molecular complexity index is 855. The molecule has 1 aliphatic rings. The van der Waals surface area contributed by atoms with Gasteiger partial charge in [-0.15, -0.1) is 11.6 Å². The Morgan fingerprint density at radius 3 is 2.68 bits per heavy atom. The maximum Gasteiger partial charge on any atom is 0.144 e. The van der Waals surface area contributed by atoms with Gasteiger partial charge in [-0.3, -0.25) is 10.4 Å². The molecule has 3 rings (SSSR count). The van der Waals surface area contributed by atoms with Crippen molar-refractivity contribution < 1.29 is 0 Å². The number of amidine groups is 1. The summed E-state index contributed by atoms with van der Waals surface area (Å²) in [5.41, 5.74) is 7.37. The topological polar surface area (TPSA) is 49.1 Å². The molecule has 0 saturated heterocycles. The molecule has 0 radical (unpaired) electrons. The highest BCUT2D eigenvalue weighted by Gasteiger charge is 2.16. The summed E-state index contributed by atoms with van der Waals surface area (Å²) in [4.78, 5) is 9.41. The van der Waals surface area contributed by atoms with Gasteiger partial charge in [0.2, 0.25) is 0 Å². The van der Waals surface area contributed by atoms with Crippen LogP contribution in [0.5, 0.6) is 0 Å². The van der Waals surface area contributed by atoms with Crippen LogP contribution in [0.25, 0.3) is 0 Å². The fraction of sp³-hybridized carbons (Fsp3) is 0.211. The number of halogens is 2. The number of benzene rings is 2. The Balaban J connectivity index is 2.01. The molecule has 1 aliphatic heterocycles. The molecule has 6 heteroatoms. The summed E-state index contributed by atoms with van der Waals surface area (Å²) in [5, 5.41) is 4.79. The second kappa shape index (κ2) is 7.81. The van der Waals surface area contributed by atoms with Gasteiger partial charge in [0.05, 0.1) is 29.0 Å². The maximum absolute atomic E-state index is 6.20. The summed E-state index contributed by atoms with van der Waals surface area (Å²) in [6.45, 7) is 4.14. The number of rotatable bonds is 3. The number of hydrazone groups is 1. The van der Waals surface area contributed by atoms with E-state index in [-0.39, 0.29) is 5.38 Å². The molecule has 1 unspecified atom stereocenters. The Labute approximate surface area is 157 Å². The number of aliphatic imine (C=N–C) groups is 2. The van der Waals surface area contributed by atoms with Gasteiger partial charge in [0, 0.05) is 16.1 Å². The fourth-order valence-electron chi connectivity index (χ4n) is 2.36. The van der Waals surface area contributed by atoms with Crippen LogP contribution in [-0.2, 0) is 0 Å². The third-order valence-corrected chi connectivity index (χ3v) is 4.39. The van der Waals surface area contributed by atoms with E-state index < -0.39 is 0 Å². The lowest BCUT2D eigenvalue weighted by molar-refractivity contribution is 0.976. The fourth-order valence-corrected chi connectivity index (χ4v) is 2.58. The van der Waals surface area contributed by atoms with E-state index in [0.717, 1.165) is 28.2 Å². The van der Waals surface area contributed by atoms with Gasteiger partial charge in [0.15, 0.2) is 0 Å². The molecule has 128 valence electrons. The lowest BCUT2D eigenvalue weighted by Gasteiger charge is -2.08. The van der Waals surface area contributed by atoms with Crippen LogP contribution in [0.2, 0.25) is 5.02 Å². The predicted molar refractivity (Wildman–Crippen MR) is 107 cm³/mol. The van der Waals surface area contributed by atoms with Crippen molar-refractivity contribution in [1.82, 2.24) is 5.43 Å². The van der Waals surface area contributed by atoms with E-state index >= 15 is 0 Å². The van der Waals surface area contributed by atoms with Crippen LogP contribution in [0.15, 0.2) is 63.6 Å². The summed E-state index contributed by atoms with van der Waals surface area (Å²) < 4.78 is 0. The number of nitrogens with zero attached hydrogens (tertiary/aromatic N) is 3. The minimum Gasteiger partial charge on any atom is -0.276 e. The van der Waals surface area contributed by atoms with Crippen molar-refractivity contribution in [1.29, 1.82) is 0 Å². The van der Waals surface area contributed by atoms with Crippen molar-refractivity contribution in [3.63, 3.8) is 0 Å². The van der Waals surface area contributed by atoms with Crippen molar-refractivity contribution in [2.24, 2.45) is 15.1 Å². The summed E-state index contributed by atoms with van der Waals surface area (Å²) >= 11 is 12.2. The third kappa shape index (κ3) is 4.27. The van der Waals surface area contributed by atoms with Crippen LogP contribution in [0.3, 0.4) is 0 Å². The monoisotopic (exact) mass is 372 g/mol. The van der Waals surface area contributed by atoms with Crippen LogP contribution in [-0.4, -0.2) is 29.2 Å². The molecule has 0 amide bonds. The predicted octanol–water partition coefficient (Wildman–Crippen LogP) is 4.81. The molecule has 25 heavy (non-hydrogen) atoms. The van der Waals surface area contributed by atoms with Crippen LogP contribution in [0.4, 0.5) is 5.69 Å². The van der Waals surface area contributed by atoms with Crippen LogP contribution >= 0.6 is 23.2 Å². The van der Waals surface area contributed by atoms with Crippen molar-refractivity contribution in [3.8, 4) is 0 Å². The first-order valence-corrected chi connectivity index (χ1v) is 8.77. The highest BCUT2D eigenvalue weighted by Crippen LogP contribution is 2.28. The summed E-state index contributed by atoms with van der Waals surface area (Å²) in [5.74, 6) is 0.658. The number of nitrogens with one attached hydrogen (secondary N) is 1. The van der Waals surface area contributed by atoms with Gasteiger partial charge in [0.1, 0.15) is 5.84 Å². The standard InChI is InChI=1S/C19H18Cl2N4/c1-12(20)13(2)24-25-18-11-22-19(14-6-4-3-5-7-14)16-10-15(21)8-9-17(16)23-18/h3-10,12H,11H2,1-2H3,(H,23,25). The largest absolute Gasteiger partial charge is 0.276 e. The molecule has 0 spiro atoms. The molecule has 1 N–H and O–H groups in total. The minimum absolute atomic E-state index is 0.145. The first-order chi connectivity index (χ1) is 12.0.